The van der Waals surface area contributed by atoms with Gasteiger partial charge in [0.05, 0.1) is 23.1 Å². The van der Waals surface area contributed by atoms with E-state index >= 15 is 0 Å². The molecule has 1 aliphatic carbocycles. The number of hydrogen-bond donors (Lipinski definition) is 2. The number of benzene rings is 3. The average Bonchev–Trinajstić information content (AvgIpc) is 3.41. The van der Waals surface area contributed by atoms with E-state index in [1.54, 1.807) is 18.2 Å². The van der Waals surface area contributed by atoms with E-state index in [0.717, 1.165) is 62.1 Å². The molecule has 3 unspecified atom stereocenters. The molecule has 222 valence electrons. The van der Waals surface area contributed by atoms with Crippen molar-refractivity contribution in [3.8, 4) is 16.9 Å². The molecular formula is C33H36Cl2FN3O3. The van der Waals surface area contributed by atoms with E-state index in [4.69, 9.17) is 27.9 Å². The lowest BCUT2D eigenvalue weighted by molar-refractivity contribution is -0.126. The number of nitrogens with one attached hydrogen (secondary N) is 1. The van der Waals surface area contributed by atoms with Crippen molar-refractivity contribution in [3.05, 3.63) is 82.1 Å². The predicted molar refractivity (Wildman–Crippen MR) is 165 cm³/mol. The number of rotatable bonds is 10. The number of likely N-dealkylation sites (tertiary alicyclic amines) is 1. The summed E-state index contributed by atoms with van der Waals surface area (Å²) in [6, 6.07) is 17.0. The Kier molecular flexibility index (Phi) is 8.91. The molecular weight excluding hydrogens is 576 g/mol. The predicted octanol–water partition coefficient (Wildman–Crippen LogP) is 6.48. The van der Waals surface area contributed by atoms with Gasteiger partial charge in [-0.1, -0.05) is 41.4 Å². The number of hydrogen-bond acceptors (Lipinski definition) is 5. The summed E-state index contributed by atoms with van der Waals surface area (Å²) in [6.45, 7) is 3.76. The van der Waals surface area contributed by atoms with Crippen molar-refractivity contribution in [3.63, 3.8) is 0 Å². The quantitative estimate of drug-likeness (QED) is 0.275. The minimum absolute atomic E-state index is 0.0618. The number of halogens is 3. The van der Waals surface area contributed by atoms with Crippen molar-refractivity contribution < 1.29 is 19.0 Å². The molecule has 9 heteroatoms. The van der Waals surface area contributed by atoms with E-state index < -0.39 is 12.1 Å². The monoisotopic (exact) mass is 611 g/mol. The smallest absolute Gasteiger partial charge is 0.225 e. The molecule has 0 aromatic heterocycles. The number of amides is 1. The highest BCUT2D eigenvalue weighted by Crippen LogP contribution is 2.36. The van der Waals surface area contributed by atoms with Crippen LogP contribution in [0.2, 0.25) is 10.0 Å². The maximum atomic E-state index is 13.6. The zero-order chi connectivity index (χ0) is 29.2. The van der Waals surface area contributed by atoms with Crippen LogP contribution in [0, 0.1) is 11.7 Å². The number of aliphatic hydroxyl groups is 1. The molecule has 3 aromatic carbocycles. The third-order valence-electron chi connectivity index (χ3n) is 8.51. The number of anilines is 1. The van der Waals surface area contributed by atoms with Crippen LogP contribution in [0.25, 0.3) is 11.1 Å². The van der Waals surface area contributed by atoms with Crippen LogP contribution in [-0.2, 0) is 4.79 Å². The number of carbonyl (C=O) groups excluding carboxylic acids is 1. The van der Waals surface area contributed by atoms with Gasteiger partial charge < -0.3 is 25.0 Å². The normalized spacial score (nSPS) is 20.5. The number of aliphatic hydroxyl groups excluding tert-OH is 1. The lowest BCUT2D eigenvalue weighted by Gasteiger charge is -2.30. The third-order valence-corrected chi connectivity index (χ3v) is 9.13. The first-order valence-electron chi connectivity index (χ1n) is 14.8. The molecule has 2 heterocycles. The summed E-state index contributed by atoms with van der Waals surface area (Å²) in [4.78, 5) is 18.1. The van der Waals surface area contributed by atoms with E-state index in [0.29, 0.717) is 40.9 Å². The molecule has 2 N–H and O–H groups in total. The van der Waals surface area contributed by atoms with Crippen LogP contribution in [0.1, 0.15) is 43.8 Å². The average molecular weight is 613 g/mol. The molecule has 3 fully saturated rings. The molecule has 2 saturated heterocycles. The van der Waals surface area contributed by atoms with E-state index in [1.165, 1.54) is 12.1 Å². The van der Waals surface area contributed by atoms with Crippen LogP contribution >= 0.6 is 23.2 Å². The molecule has 1 amide bonds. The second-order valence-electron chi connectivity index (χ2n) is 11.7. The summed E-state index contributed by atoms with van der Waals surface area (Å²) < 4.78 is 19.3. The number of ether oxygens (including phenoxy) is 1. The van der Waals surface area contributed by atoms with Crippen molar-refractivity contribution in [2.75, 3.05) is 37.6 Å². The summed E-state index contributed by atoms with van der Waals surface area (Å²) in [7, 11) is 0. The van der Waals surface area contributed by atoms with Gasteiger partial charge in [0.1, 0.15) is 17.7 Å². The second-order valence-corrected chi connectivity index (χ2v) is 12.5. The maximum Gasteiger partial charge on any atom is 0.225 e. The molecule has 1 saturated carbocycles. The van der Waals surface area contributed by atoms with Gasteiger partial charge in [-0.2, -0.15) is 0 Å². The first-order chi connectivity index (χ1) is 20.3. The highest BCUT2D eigenvalue weighted by atomic mass is 35.5. The van der Waals surface area contributed by atoms with E-state index in [-0.39, 0.29) is 23.7 Å². The largest absolute Gasteiger partial charge is 0.489 e. The SMILES string of the molecule is O=C(NC(CN1CCCC1)C(O)c1ccc(OC2CC2)c(Cl)c1)C1CCN(c2ccc(Cl)c(-c3ccc(F)cc3)c2)C1. The second kappa shape index (κ2) is 12.8. The van der Waals surface area contributed by atoms with Gasteiger partial charge in [-0.05, 0) is 98.8 Å². The Hall–Kier alpha value is -2.84. The summed E-state index contributed by atoms with van der Waals surface area (Å²) >= 11 is 13.0. The third kappa shape index (κ3) is 6.86. The molecule has 0 radical (unpaired) electrons. The Morgan fingerprint density at radius 1 is 0.976 bits per heavy atom. The van der Waals surface area contributed by atoms with Crippen molar-refractivity contribution in [2.24, 2.45) is 5.92 Å². The minimum atomic E-state index is -0.908. The van der Waals surface area contributed by atoms with Crippen LogP contribution in [0.3, 0.4) is 0 Å². The molecule has 42 heavy (non-hydrogen) atoms. The molecule has 0 spiro atoms. The van der Waals surface area contributed by atoms with Gasteiger partial charge in [0.25, 0.3) is 0 Å². The number of carbonyl (C=O) groups is 1. The molecule has 6 nitrogen and oxygen atoms in total. The zero-order valence-corrected chi connectivity index (χ0v) is 25.0. The van der Waals surface area contributed by atoms with Crippen molar-refractivity contribution in [1.29, 1.82) is 0 Å². The summed E-state index contributed by atoms with van der Waals surface area (Å²) in [5.41, 5.74) is 3.28. The molecule has 2 aliphatic heterocycles. The summed E-state index contributed by atoms with van der Waals surface area (Å²) in [5, 5.41) is 15.7. The topological polar surface area (TPSA) is 65.0 Å². The molecule has 3 aromatic rings. The standard InChI is InChI=1S/C33H36Cl2FN3O3/c34-28-11-8-25(18-27(28)21-3-6-24(36)7-4-21)39-16-13-23(19-39)33(41)37-30(20-38-14-1-2-15-38)32(40)22-5-12-31(29(35)17-22)42-26-9-10-26/h3-8,11-12,17-18,23,26,30,32,40H,1-2,9-10,13-16,19-20H2,(H,37,41). The molecule has 3 atom stereocenters. The van der Waals surface area contributed by atoms with Crippen LogP contribution in [0.15, 0.2) is 60.7 Å². The fourth-order valence-corrected chi connectivity index (χ4v) is 6.39. The van der Waals surface area contributed by atoms with Crippen molar-refractivity contribution in [2.45, 2.75) is 50.4 Å². The number of nitrogens with zero attached hydrogens (tertiary/aromatic N) is 2. The molecule has 6 rings (SSSR count). The van der Waals surface area contributed by atoms with Crippen LogP contribution in [0.5, 0.6) is 5.75 Å². The van der Waals surface area contributed by atoms with E-state index in [2.05, 4.69) is 15.1 Å². The Morgan fingerprint density at radius 2 is 1.74 bits per heavy atom. The van der Waals surface area contributed by atoms with Gasteiger partial charge in [0, 0.05) is 35.9 Å². The van der Waals surface area contributed by atoms with Gasteiger partial charge in [-0.15, -0.1) is 0 Å². The highest BCUT2D eigenvalue weighted by molar-refractivity contribution is 6.33. The van der Waals surface area contributed by atoms with Crippen LogP contribution in [0.4, 0.5) is 10.1 Å². The Balaban J connectivity index is 1.14. The fraction of sp³-hybridized carbons (Fsp3) is 0.424. The Morgan fingerprint density at radius 3 is 2.45 bits per heavy atom. The van der Waals surface area contributed by atoms with Gasteiger partial charge in [0.15, 0.2) is 0 Å². The van der Waals surface area contributed by atoms with Gasteiger partial charge in [0.2, 0.25) is 5.91 Å². The van der Waals surface area contributed by atoms with Crippen molar-refractivity contribution >= 4 is 34.8 Å². The van der Waals surface area contributed by atoms with Crippen molar-refractivity contribution in [1.82, 2.24) is 10.2 Å². The van der Waals surface area contributed by atoms with Crippen LogP contribution in [-0.4, -0.2) is 60.8 Å². The van der Waals surface area contributed by atoms with Gasteiger partial charge in [-0.25, -0.2) is 4.39 Å². The summed E-state index contributed by atoms with van der Waals surface area (Å²) in [6.07, 6.45) is 4.34. The summed E-state index contributed by atoms with van der Waals surface area (Å²) in [5.74, 6) is 0.0516. The first kappa shape index (κ1) is 29.2. The minimum Gasteiger partial charge on any atom is -0.489 e. The zero-order valence-electron chi connectivity index (χ0n) is 23.4. The van der Waals surface area contributed by atoms with Gasteiger partial charge >= 0.3 is 0 Å². The van der Waals surface area contributed by atoms with E-state index in [9.17, 15) is 14.3 Å². The highest BCUT2D eigenvalue weighted by Gasteiger charge is 2.33. The van der Waals surface area contributed by atoms with Crippen LogP contribution < -0.4 is 15.0 Å². The molecule has 3 aliphatic rings. The van der Waals surface area contributed by atoms with E-state index in [1.807, 2.05) is 30.3 Å². The maximum absolute atomic E-state index is 13.6. The molecule has 0 bridgehead atoms. The lowest BCUT2D eigenvalue weighted by Crippen LogP contribution is -2.48. The lowest BCUT2D eigenvalue weighted by atomic mass is 10.00. The van der Waals surface area contributed by atoms with Gasteiger partial charge in [-0.3, -0.25) is 4.79 Å². The fourth-order valence-electron chi connectivity index (χ4n) is 5.93. The Labute approximate surface area is 256 Å². The first-order valence-corrected chi connectivity index (χ1v) is 15.6. The Bertz CT molecular complexity index is 1410.